The quantitative estimate of drug-likeness (QED) is 0.330. The summed E-state index contributed by atoms with van der Waals surface area (Å²) in [5.74, 6) is 0. The monoisotopic (exact) mass is 563 g/mol. The summed E-state index contributed by atoms with van der Waals surface area (Å²) in [5, 5.41) is 0. The molecule has 206 valence electrons. The van der Waals surface area contributed by atoms with Crippen molar-refractivity contribution in [1.29, 1.82) is 0 Å². The smallest absolute Gasteiger partial charge is 0.249 e. The highest BCUT2D eigenvalue weighted by atomic mass is 31.2. The molecule has 0 saturated carbocycles. The average Bonchev–Trinajstić information content (AvgIpc) is 2.64. The molecule has 0 N–H and O–H groups in total. The Balaban J connectivity index is 8.11. The molecule has 0 heterocycles. The van der Waals surface area contributed by atoms with E-state index in [9.17, 15) is 0 Å². The van der Waals surface area contributed by atoms with E-state index in [0.29, 0.717) is 0 Å². The van der Waals surface area contributed by atoms with Gasteiger partial charge in [0.2, 0.25) is 22.5 Å². The third kappa shape index (κ3) is 6.79. The Kier molecular flexibility index (Phi) is 13.8. The van der Waals surface area contributed by atoms with E-state index < -0.39 is 30.9 Å². The Morgan fingerprint density at radius 3 is 0.500 bits per heavy atom. The van der Waals surface area contributed by atoms with E-state index in [1.165, 1.54) is 0 Å². The molecule has 0 radical (unpaired) electrons. The highest BCUT2D eigenvalue weighted by molar-refractivity contribution is 7.76. The predicted molar refractivity (Wildman–Crippen MR) is 160 cm³/mol. The zero-order chi connectivity index (χ0) is 27.4. The first-order chi connectivity index (χ1) is 15.3. The first-order valence-corrected chi connectivity index (χ1v) is 17.3. The maximum Gasteiger partial charge on any atom is 0.360 e. The Hall–Kier alpha value is 0.760. The Labute approximate surface area is 213 Å². The summed E-state index contributed by atoms with van der Waals surface area (Å²) in [7, 11) is 29.3. The van der Waals surface area contributed by atoms with Crippen LogP contribution < -0.4 is 0 Å². The van der Waals surface area contributed by atoms with Gasteiger partial charge in [0.25, 0.3) is 0 Å². The molecular formula is C18H55N12P4+. The van der Waals surface area contributed by atoms with Crippen LogP contribution in [0.5, 0.6) is 0 Å². The molecule has 0 spiro atoms. The van der Waals surface area contributed by atoms with Crippen molar-refractivity contribution in [3.63, 3.8) is 0 Å². The van der Waals surface area contributed by atoms with Crippen LogP contribution in [0.15, 0.2) is 13.5 Å². The van der Waals surface area contributed by atoms with Gasteiger partial charge in [0.05, 0.1) is 0 Å². The van der Waals surface area contributed by atoms with Crippen LogP contribution in [0.2, 0.25) is 0 Å². The maximum absolute atomic E-state index is 5.62. The standard InChI is InChI=1S/C18H54N12P4/c1-22(2)32(23(3)4,24(5)6)19-31(20-33(25(7)8,26(9)10)27(11)12)21-34(28(13)14,29(15)16)30(17)18/h1-18H3/p+1. The minimum atomic E-state index is -2.21. The van der Waals surface area contributed by atoms with E-state index in [1.807, 2.05) is 0 Å². The van der Waals surface area contributed by atoms with Crippen LogP contribution in [0.1, 0.15) is 0 Å². The van der Waals surface area contributed by atoms with Gasteiger partial charge in [-0.2, -0.15) is 0 Å². The Morgan fingerprint density at radius 2 is 0.412 bits per heavy atom. The minimum Gasteiger partial charge on any atom is -0.249 e. The summed E-state index contributed by atoms with van der Waals surface area (Å²) in [6.45, 7) is 0. The lowest BCUT2D eigenvalue weighted by Crippen LogP contribution is -2.31. The lowest BCUT2D eigenvalue weighted by atomic mass is 11.2. The lowest BCUT2D eigenvalue weighted by Gasteiger charge is -2.42. The molecule has 0 aliphatic rings. The molecular weight excluding hydrogens is 508 g/mol. The van der Waals surface area contributed by atoms with Gasteiger partial charge in [0, 0.05) is 0 Å². The molecule has 0 saturated heterocycles. The van der Waals surface area contributed by atoms with Crippen LogP contribution in [-0.2, 0) is 0 Å². The summed E-state index contributed by atoms with van der Waals surface area (Å²) in [5.41, 5.74) is 0. The molecule has 12 nitrogen and oxygen atoms in total. The molecule has 0 aliphatic heterocycles. The second-order valence-corrected chi connectivity index (χ2v) is 23.3. The van der Waals surface area contributed by atoms with Crippen LogP contribution in [0.4, 0.5) is 0 Å². The van der Waals surface area contributed by atoms with Crippen LogP contribution >= 0.6 is 30.9 Å². The average molecular weight is 564 g/mol. The van der Waals surface area contributed by atoms with Gasteiger partial charge in [-0.15, -0.1) is 0 Å². The highest BCUT2D eigenvalue weighted by Crippen LogP contribution is 2.72. The fraction of sp³-hybridized carbons (Fsp3) is 1.00. The summed E-state index contributed by atoms with van der Waals surface area (Å²) >= 11 is 0. The van der Waals surface area contributed by atoms with Crippen molar-refractivity contribution < 1.29 is 0 Å². The third-order valence-electron chi connectivity index (χ3n) is 5.50. The topological polar surface area (TPSA) is 66.2 Å². The van der Waals surface area contributed by atoms with Gasteiger partial charge in [-0.25, -0.2) is 42.0 Å². The fourth-order valence-electron chi connectivity index (χ4n) is 4.44. The number of hydrogen-bond donors (Lipinski definition) is 0. The molecule has 0 aromatic carbocycles. The zero-order valence-corrected chi connectivity index (χ0v) is 28.9. The van der Waals surface area contributed by atoms with Gasteiger partial charge in [-0.3, -0.25) is 0 Å². The van der Waals surface area contributed by atoms with Gasteiger partial charge in [0.1, 0.15) is 0 Å². The summed E-state index contributed by atoms with van der Waals surface area (Å²) in [6.07, 6.45) is 0. The number of nitrogens with zero attached hydrogens (tertiary/aromatic N) is 12. The van der Waals surface area contributed by atoms with Crippen molar-refractivity contribution >= 4 is 30.9 Å². The molecule has 0 bridgehead atoms. The molecule has 0 aromatic rings. The molecule has 0 atom stereocenters. The van der Waals surface area contributed by atoms with Crippen LogP contribution in [-0.4, -0.2) is 169 Å². The van der Waals surface area contributed by atoms with E-state index in [1.54, 1.807) is 0 Å². The van der Waals surface area contributed by atoms with Crippen LogP contribution in [0.25, 0.3) is 0 Å². The van der Waals surface area contributed by atoms with Crippen molar-refractivity contribution in [1.82, 2.24) is 42.0 Å². The maximum atomic E-state index is 5.62. The third-order valence-corrected chi connectivity index (χ3v) is 20.5. The largest absolute Gasteiger partial charge is 0.360 e. The van der Waals surface area contributed by atoms with Crippen molar-refractivity contribution in [3.8, 4) is 0 Å². The minimum absolute atomic E-state index is 1.97. The molecule has 0 aromatic heterocycles. The van der Waals surface area contributed by atoms with Crippen molar-refractivity contribution in [3.05, 3.63) is 0 Å². The molecule has 0 aliphatic carbocycles. The molecule has 0 amide bonds. The zero-order valence-electron chi connectivity index (χ0n) is 25.2. The SMILES string of the molecule is CN(C)P(=N[PH+](N=P(N(C)C)(N(C)C)N(C)C)N=P(N(C)C)(N(C)C)N(C)C)(N(C)C)N(C)C. The molecule has 16 heteroatoms. The second kappa shape index (κ2) is 13.5. The molecule has 0 unspecified atom stereocenters. The van der Waals surface area contributed by atoms with E-state index in [4.69, 9.17) is 13.5 Å². The summed E-state index contributed by atoms with van der Waals surface area (Å²) in [4.78, 5) is 0. The van der Waals surface area contributed by atoms with E-state index in [-0.39, 0.29) is 0 Å². The predicted octanol–water partition coefficient (Wildman–Crippen LogP) is 3.84. The van der Waals surface area contributed by atoms with Crippen molar-refractivity contribution in [2.75, 3.05) is 127 Å². The van der Waals surface area contributed by atoms with Crippen LogP contribution in [0.3, 0.4) is 0 Å². The van der Waals surface area contributed by atoms with Gasteiger partial charge in [0.15, 0.2) is 0 Å². The summed E-state index contributed by atoms with van der Waals surface area (Å²) < 4.78 is 37.0. The highest BCUT2D eigenvalue weighted by Gasteiger charge is 2.41. The Morgan fingerprint density at radius 1 is 0.294 bits per heavy atom. The molecule has 0 fully saturated rings. The van der Waals surface area contributed by atoms with E-state index in [0.717, 1.165) is 0 Å². The van der Waals surface area contributed by atoms with Gasteiger partial charge in [-0.1, -0.05) is 13.5 Å². The first-order valence-electron chi connectivity index (χ1n) is 11.1. The van der Waals surface area contributed by atoms with Gasteiger partial charge >= 0.3 is 8.37 Å². The number of hydrogen-bond acceptors (Lipinski definition) is 3. The number of rotatable bonds is 12. The molecule has 0 rings (SSSR count). The van der Waals surface area contributed by atoms with E-state index in [2.05, 4.69) is 169 Å². The molecule has 34 heavy (non-hydrogen) atoms. The normalized spacial score (nSPS) is 14.5. The van der Waals surface area contributed by atoms with Crippen LogP contribution in [0, 0.1) is 0 Å². The Bertz CT molecular complexity index is 613. The lowest BCUT2D eigenvalue weighted by molar-refractivity contribution is 0.473. The fourth-order valence-corrected chi connectivity index (χ4v) is 21.8. The van der Waals surface area contributed by atoms with Gasteiger partial charge in [-0.05, 0) is 127 Å². The summed E-state index contributed by atoms with van der Waals surface area (Å²) in [6, 6.07) is 0. The van der Waals surface area contributed by atoms with E-state index >= 15 is 0 Å². The second-order valence-electron chi connectivity index (χ2n) is 9.83. The van der Waals surface area contributed by atoms with Crippen molar-refractivity contribution in [2.24, 2.45) is 13.5 Å². The first kappa shape index (κ1) is 34.8. The van der Waals surface area contributed by atoms with Crippen molar-refractivity contribution in [2.45, 2.75) is 0 Å². The van der Waals surface area contributed by atoms with Gasteiger partial charge < -0.3 is 0 Å².